The quantitative estimate of drug-likeness (QED) is 0.584. The molecular weight excluding hydrogens is 146 g/mol. The molecule has 0 amide bonds. The molecule has 1 nitrogen and oxygen atoms in total. The van der Waals surface area contributed by atoms with Crippen molar-refractivity contribution in [2.45, 2.75) is 33.1 Å². The van der Waals surface area contributed by atoms with Crippen LogP contribution in [0.1, 0.15) is 33.1 Å². The first-order chi connectivity index (χ1) is 5.83. The average molecular weight is 163 g/mol. The summed E-state index contributed by atoms with van der Waals surface area (Å²) in [6.07, 6.45) is 7.87. The number of rotatable bonds is 4. The minimum Gasteiger partial charge on any atom is -0.198 e. The molecule has 0 aromatic heterocycles. The third-order valence-electron chi connectivity index (χ3n) is 2.63. The Balaban J connectivity index is 2.32. The van der Waals surface area contributed by atoms with Crippen LogP contribution in [0.2, 0.25) is 0 Å². The van der Waals surface area contributed by atoms with Gasteiger partial charge < -0.3 is 0 Å². The lowest BCUT2D eigenvalue weighted by atomic mass is 10.0. The fourth-order valence-corrected chi connectivity index (χ4v) is 1.72. The molecule has 0 saturated heterocycles. The molecule has 1 saturated carbocycles. The summed E-state index contributed by atoms with van der Waals surface area (Å²) in [5.41, 5.74) is 0. The van der Waals surface area contributed by atoms with Gasteiger partial charge in [-0.3, -0.25) is 0 Å². The van der Waals surface area contributed by atoms with Crippen molar-refractivity contribution in [2.24, 2.45) is 17.8 Å². The molecular formula is C11H17N. The number of hydrogen-bond acceptors (Lipinski definition) is 1. The highest BCUT2D eigenvalue weighted by molar-refractivity contribution is 5.07. The number of nitrogens with zero attached hydrogens (tertiary/aromatic N) is 1. The SMILES string of the molecule is CCC=CC1CC1C(C#N)CC. The zero-order valence-corrected chi connectivity index (χ0v) is 7.96. The molecule has 0 spiro atoms. The van der Waals surface area contributed by atoms with Gasteiger partial charge in [-0.2, -0.15) is 5.26 Å². The Hall–Kier alpha value is -0.770. The Bertz CT molecular complexity index is 200. The van der Waals surface area contributed by atoms with Crippen LogP contribution >= 0.6 is 0 Å². The zero-order chi connectivity index (χ0) is 8.97. The maximum atomic E-state index is 8.81. The van der Waals surface area contributed by atoms with E-state index in [0.29, 0.717) is 11.8 Å². The van der Waals surface area contributed by atoms with E-state index >= 15 is 0 Å². The van der Waals surface area contributed by atoms with E-state index in [0.717, 1.165) is 18.8 Å². The molecule has 0 aromatic carbocycles. The summed E-state index contributed by atoms with van der Waals surface area (Å²) in [6, 6.07) is 2.39. The molecule has 1 fully saturated rings. The summed E-state index contributed by atoms with van der Waals surface area (Å²) in [5.74, 6) is 1.69. The lowest BCUT2D eigenvalue weighted by molar-refractivity contribution is 0.544. The molecule has 66 valence electrons. The Morgan fingerprint density at radius 1 is 1.58 bits per heavy atom. The van der Waals surface area contributed by atoms with E-state index in [9.17, 15) is 0 Å². The molecule has 3 atom stereocenters. The van der Waals surface area contributed by atoms with Gasteiger partial charge in [-0.25, -0.2) is 0 Å². The van der Waals surface area contributed by atoms with Crippen molar-refractivity contribution in [2.75, 3.05) is 0 Å². The minimum atomic E-state index is 0.302. The Kier molecular flexibility index (Phi) is 3.34. The molecule has 12 heavy (non-hydrogen) atoms. The first kappa shape index (κ1) is 9.32. The van der Waals surface area contributed by atoms with Gasteiger partial charge in [0.25, 0.3) is 0 Å². The maximum Gasteiger partial charge on any atom is 0.0658 e. The number of nitriles is 1. The first-order valence-corrected chi connectivity index (χ1v) is 4.89. The Labute approximate surface area is 75.1 Å². The second-order valence-electron chi connectivity index (χ2n) is 3.54. The molecule has 3 unspecified atom stereocenters. The molecule has 1 rings (SSSR count). The van der Waals surface area contributed by atoms with Gasteiger partial charge in [-0.1, -0.05) is 26.0 Å². The van der Waals surface area contributed by atoms with Crippen LogP contribution in [0.15, 0.2) is 12.2 Å². The van der Waals surface area contributed by atoms with Crippen molar-refractivity contribution < 1.29 is 0 Å². The van der Waals surface area contributed by atoms with E-state index in [2.05, 4.69) is 32.1 Å². The number of hydrogen-bond donors (Lipinski definition) is 0. The van der Waals surface area contributed by atoms with Crippen molar-refractivity contribution in [1.82, 2.24) is 0 Å². The fourth-order valence-electron chi connectivity index (χ4n) is 1.72. The Morgan fingerprint density at radius 3 is 2.83 bits per heavy atom. The van der Waals surface area contributed by atoms with Gasteiger partial charge in [0.2, 0.25) is 0 Å². The molecule has 0 heterocycles. The van der Waals surface area contributed by atoms with Gasteiger partial charge in [0.1, 0.15) is 0 Å². The Morgan fingerprint density at radius 2 is 2.33 bits per heavy atom. The van der Waals surface area contributed by atoms with E-state index in [-0.39, 0.29) is 0 Å². The predicted octanol–water partition coefficient (Wildman–Crippen LogP) is 3.14. The van der Waals surface area contributed by atoms with Crippen molar-refractivity contribution in [3.8, 4) is 6.07 Å². The maximum absolute atomic E-state index is 8.81. The summed E-state index contributed by atoms with van der Waals surface area (Å²) in [5, 5.41) is 8.81. The molecule has 0 bridgehead atoms. The molecule has 1 aliphatic carbocycles. The average Bonchev–Trinajstić information content (AvgIpc) is 2.83. The van der Waals surface area contributed by atoms with Gasteiger partial charge in [-0.05, 0) is 31.1 Å². The highest BCUT2D eigenvalue weighted by Crippen LogP contribution is 2.46. The van der Waals surface area contributed by atoms with Crippen LogP contribution in [-0.2, 0) is 0 Å². The molecule has 1 aliphatic rings. The fraction of sp³-hybridized carbons (Fsp3) is 0.727. The van der Waals surface area contributed by atoms with Crippen LogP contribution in [0.5, 0.6) is 0 Å². The van der Waals surface area contributed by atoms with Crippen LogP contribution in [-0.4, -0.2) is 0 Å². The van der Waals surface area contributed by atoms with Gasteiger partial charge in [-0.15, -0.1) is 0 Å². The van der Waals surface area contributed by atoms with E-state index in [1.807, 2.05) is 0 Å². The van der Waals surface area contributed by atoms with Crippen LogP contribution in [0.4, 0.5) is 0 Å². The van der Waals surface area contributed by atoms with Gasteiger partial charge in [0.05, 0.1) is 6.07 Å². The minimum absolute atomic E-state index is 0.302. The lowest BCUT2D eigenvalue weighted by Crippen LogP contribution is -1.98. The third-order valence-corrected chi connectivity index (χ3v) is 2.63. The topological polar surface area (TPSA) is 23.8 Å². The van der Waals surface area contributed by atoms with Crippen LogP contribution in [0.25, 0.3) is 0 Å². The lowest BCUT2D eigenvalue weighted by Gasteiger charge is -2.01. The molecule has 0 radical (unpaired) electrons. The van der Waals surface area contributed by atoms with Crippen molar-refractivity contribution in [3.05, 3.63) is 12.2 Å². The summed E-state index contributed by atoms with van der Waals surface area (Å²) < 4.78 is 0. The highest BCUT2D eigenvalue weighted by atomic mass is 14.4. The van der Waals surface area contributed by atoms with Gasteiger partial charge in [0.15, 0.2) is 0 Å². The molecule has 0 N–H and O–H groups in total. The number of allylic oxidation sites excluding steroid dienone is 2. The van der Waals surface area contributed by atoms with Crippen molar-refractivity contribution >= 4 is 0 Å². The van der Waals surface area contributed by atoms with Crippen molar-refractivity contribution in [3.63, 3.8) is 0 Å². The van der Waals surface area contributed by atoms with E-state index in [1.165, 1.54) is 6.42 Å². The molecule has 0 aromatic rings. The predicted molar refractivity (Wildman–Crippen MR) is 50.4 cm³/mol. The van der Waals surface area contributed by atoms with Gasteiger partial charge >= 0.3 is 0 Å². The van der Waals surface area contributed by atoms with E-state index in [4.69, 9.17) is 5.26 Å². The van der Waals surface area contributed by atoms with Crippen LogP contribution in [0.3, 0.4) is 0 Å². The van der Waals surface area contributed by atoms with Crippen LogP contribution < -0.4 is 0 Å². The zero-order valence-electron chi connectivity index (χ0n) is 7.96. The largest absolute Gasteiger partial charge is 0.198 e. The summed E-state index contributed by atoms with van der Waals surface area (Å²) in [4.78, 5) is 0. The standard InChI is InChI=1S/C11H17N/c1-3-5-6-10-7-11(10)9(4-2)8-12/h5-6,9-11H,3-4,7H2,1-2H3. The van der Waals surface area contributed by atoms with Crippen molar-refractivity contribution in [1.29, 1.82) is 5.26 Å². The van der Waals surface area contributed by atoms with E-state index < -0.39 is 0 Å². The second kappa shape index (κ2) is 4.30. The van der Waals surface area contributed by atoms with Crippen LogP contribution in [0, 0.1) is 29.1 Å². The summed E-state index contributed by atoms with van der Waals surface area (Å²) in [7, 11) is 0. The second-order valence-corrected chi connectivity index (χ2v) is 3.54. The normalized spacial score (nSPS) is 30.1. The highest BCUT2D eigenvalue weighted by Gasteiger charge is 2.40. The summed E-state index contributed by atoms with van der Waals surface area (Å²) >= 11 is 0. The van der Waals surface area contributed by atoms with Gasteiger partial charge in [0, 0.05) is 5.92 Å². The monoisotopic (exact) mass is 163 g/mol. The first-order valence-electron chi connectivity index (χ1n) is 4.89. The summed E-state index contributed by atoms with van der Waals surface area (Å²) in [6.45, 7) is 4.25. The van der Waals surface area contributed by atoms with E-state index in [1.54, 1.807) is 0 Å². The smallest absolute Gasteiger partial charge is 0.0658 e. The molecule has 1 heteroatoms. The molecule has 0 aliphatic heterocycles. The third kappa shape index (κ3) is 2.11.